The zero-order valence-corrected chi connectivity index (χ0v) is 19.1. The predicted molar refractivity (Wildman–Crippen MR) is 118 cm³/mol. The molecule has 1 atom stereocenters. The number of nitrogens with zero attached hydrogens (tertiary/aromatic N) is 2. The molecule has 2 aliphatic rings. The van der Waals surface area contributed by atoms with Gasteiger partial charge in [0.25, 0.3) is 0 Å². The summed E-state index contributed by atoms with van der Waals surface area (Å²) in [6.45, 7) is 7.23. The Hall–Kier alpha value is -2.15. The highest BCUT2D eigenvalue weighted by molar-refractivity contribution is 9.10. The van der Waals surface area contributed by atoms with Crippen molar-refractivity contribution in [1.29, 1.82) is 0 Å². The average molecular weight is 476 g/mol. The molecule has 0 bridgehead atoms. The number of piperidine rings is 1. The third-order valence-corrected chi connectivity index (χ3v) is 6.54. The zero-order chi connectivity index (χ0) is 21.5. The van der Waals surface area contributed by atoms with E-state index in [1.54, 1.807) is 6.07 Å². The van der Waals surface area contributed by atoms with Gasteiger partial charge in [0.2, 0.25) is 0 Å². The number of hydrogen-bond donors (Lipinski definition) is 1. The Kier molecular flexibility index (Phi) is 5.51. The topological polar surface area (TPSA) is 54.5 Å². The van der Waals surface area contributed by atoms with Crippen LogP contribution >= 0.6 is 15.9 Å². The van der Waals surface area contributed by atoms with Crippen molar-refractivity contribution < 1.29 is 13.9 Å². The van der Waals surface area contributed by atoms with Gasteiger partial charge in [-0.1, -0.05) is 6.07 Å². The normalized spacial score (nSPS) is 20.2. The van der Waals surface area contributed by atoms with Crippen molar-refractivity contribution in [3.63, 3.8) is 0 Å². The first-order valence-corrected chi connectivity index (χ1v) is 11.1. The number of fused-ring (bicyclic) bond motifs is 1. The van der Waals surface area contributed by atoms with Crippen LogP contribution in [0.2, 0.25) is 0 Å². The van der Waals surface area contributed by atoms with E-state index in [4.69, 9.17) is 4.74 Å². The summed E-state index contributed by atoms with van der Waals surface area (Å²) in [6.07, 6.45) is 4.02. The highest BCUT2D eigenvalue weighted by Gasteiger charge is 2.49. The molecular formula is C23H27BrFN3O2. The molecule has 2 aromatic rings. The van der Waals surface area contributed by atoms with Gasteiger partial charge in [-0.3, -0.25) is 0 Å². The molecule has 1 aliphatic heterocycles. The quantitative estimate of drug-likeness (QED) is 0.591. The Morgan fingerprint density at radius 1 is 1.27 bits per heavy atom. The number of nitrogens with one attached hydrogen (secondary N) is 1. The van der Waals surface area contributed by atoms with Crippen molar-refractivity contribution >= 4 is 27.7 Å². The number of pyridine rings is 1. The van der Waals surface area contributed by atoms with Gasteiger partial charge < -0.3 is 15.0 Å². The highest BCUT2D eigenvalue weighted by Crippen LogP contribution is 2.52. The molecule has 4 rings (SSSR count). The molecule has 0 radical (unpaired) electrons. The number of carbonyl (C=O) groups excluding carboxylic acids is 1. The van der Waals surface area contributed by atoms with E-state index in [9.17, 15) is 9.18 Å². The molecular weight excluding hydrogens is 449 g/mol. The Morgan fingerprint density at radius 3 is 2.63 bits per heavy atom. The van der Waals surface area contributed by atoms with Crippen molar-refractivity contribution in [2.24, 2.45) is 5.41 Å². The van der Waals surface area contributed by atoms with E-state index in [1.807, 2.05) is 39.1 Å². The van der Waals surface area contributed by atoms with E-state index >= 15 is 0 Å². The molecule has 5 nitrogen and oxygen atoms in total. The number of halogens is 2. The minimum Gasteiger partial charge on any atom is -0.444 e. The molecule has 1 fully saturated rings. The lowest BCUT2D eigenvalue weighted by molar-refractivity contribution is 0.0428. The van der Waals surface area contributed by atoms with Crippen LogP contribution < -0.4 is 10.2 Å². The number of hydrogen-bond acceptors (Lipinski definition) is 4. The van der Waals surface area contributed by atoms with Gasteiger partial charge in [-0.2, -0.15) is 0 Å². The van der Waals surface area contributed by atoms with Crippen LogP contribution in [0.4, 0.5) is 14.9 Å². The van der Waals surface area contributed by atoms with Gasteiger partial charge in [-0.15, -0.1) is 0 Å². The largest absolute Gasteiger partial charge is 0.444 e. The lowest BCUT2D eigenvalue weighted by Crippen LogP contribution is -2.47. The maximum absolute atomic E-state index is 14.1. The summed E-state index contributed by atoms with van der Waals surface area (Å²) in [7, 11) is 0. The fraction of sp³-hybridized carbons (Fsp3) is 0.478. The minimum atomic E-state index is -0.585. The first-order chi connectivity index (χ1) is 14.2. The van der Waals surface area contributed by atoms with Crippen molar-refractivity contribution in [3.05, 3.63) is 58.1 Å². The molecule has 1 N–H and O–H groups in total. The first kappa shape index (κ1) is 21.1. The van der Waals surface area contributed by atoms with Crippen molar-refractivity contribution in [1.82, 2.24) is 10.3 Å². The second-order valence-corrected chi connectivity index (χ2v) is 10.1. The number of carbonyl (C=O) groups is 1. The molecule has 1 spiro atoms. The number of rotatable bonds is 2. The van der Waals surface area contributed by atoms with E-state index in [1.165, 1.54) is 6.07 Å². The Balaban J connectivity index is 1.57. The number of alkyl carbamates (subject to hydrolysis) is 1. The summed E-state index contributed by atoms with van der Waals surface area (Å²) in [5.74, 6) is -0.278. The number of benzene rings is 1. The van der Waals surface area contributed by atoms with Crippen LogP contribution in [-0.4, -0.2) is 29.8 Å². The molecule has 1 amide bonds. The average Bonchev–Trinajstić information content (AvgIpc) is 2.94. The van der Waals surface area contributed by atoms with E-state index in [0.29, 0.717) is 0 Å². The third-order valence-electron chi connectivity index (χ3n) is 6.07. The molecule has 1 aromatic heterocycles. The van der Waals surface area contributed by atoms with Crippen molar-refractivity contribution in [3.8, 4) is 0 Å². The van der Waals surface area contributed by atoms with Crippen LogP contribution in [0.5, 0.6) is 0 Å². The molecule has 7 heteroatoms. The number of anilines is 1. The molecule has 0 unspecified atom stereocenters. The molecule has 30 heavy (non-hydrogen) atoms. The number of amides is 1. The highest BCUT2D eigenvalue weighted by atomic mass is 79.9. The number of aromatic nitrogens is 1. The zero-order valence-electron chi connectivity index (χ0n) is 17.5. The second-order valence-electron chi connectivity index (χ2n) is 9.29. The molecule has 1 saturated heterocycles. The van der Waals surface area contributed by atoms with Gasteiger partial charge in [0, 0.05) is 18.5 Å². The van der Waals surface area contributed by atoms with Gasteiger partial charge in [-0.25, -0.2) is 14.2 Å². The fourth-order valence-electron chi connectivity index (χ4n) is 4.69. The van der Waals surface area contributed by atoms with Crippen LogP contribution in [0.3, 0.4) is 0 Å². The summed E-state index contributed by atoms with van der Waals surface area (Å²) in [4.78, 5) is 19.3. The van der Waals surface area contributed by atoms with Crippen LogP contribution in [0.25, 0.3) is 0 Å². The summed E-state index contributed by atoms with van der Waals surface area (Å²) in [5.41, 5.74) is 2.34. The Morgan fingerprint density at radius 2 is 2.00 bits per heavy atom. The van der Waals surface area contributed by atoms with Crippen molar-refractivity contribution in [2.75, 3.05) is 18.0 Å². The SMILES string of the molecule is CC(C)(C)OC(=O)N[C@@H]1c2cc(F)ccc2CC12CCN(c1ccc(Br)nc1)CC2. The Labute approximate surface area is 185 Å². The van der Waals surface area contributed by atoms with E-state index in [0.717, 1.165) is 53.8 Å². The van der Waals surface area contributed by atoms with Gasteiger partial charge in [0.05, 0.1) is 17.9 Å². The Bertz CT molecular complexity index is 934. The van der Waals surface area contributed by atoms with Gasteiger partial charge >= 0.3 is 6.09 Å². The van der Waals surface area contributed by atoms with E-state index in [2.05, 4.69) is 37.2 Å². The van der Waals surface area contributed by atoms with Crippen molar-refractivity contribution in [2.45, 2.75) is 51.7 Å². The molecule has 160 valence electrons. The smallest absolute Gasteiger partial charge is 0.408 e. The standard InChI is InChI=1S/C23H27BrFN3O2/c1-22(2,3)30-21(29)27-20-18-12-16(25)5-4-15(18)13-23(20)8-10-28(11-9-23)17-6-7-19(24)26-14-17/h4-7,12,14,20H,8-11,13H2,1-3H3,(H,27,29)/t20-/m1/s1. The van der Waals surface area contributed by atoms with Gasteiger partial charge in [0.1, 0.15) is 16.0 Å². The summed E-state index contributed by atoms with van der Waals surface area (Å²) >= 11 is 3.38. The lowest BCUT2D eigenvalue weighted by atomic mass is 9.72. The molecule has 1 aliphatic carbocycles. The van der Waals surface area contributed by atoms with Gasteiger partial charge in [0.15, 0.2) is 0 Å². The van der Waals surface area contributed by atoms with Gasteiger partial charge in [-0.05, 0) is 91.4 Å². The second kappa shape index (κ2) is 7.84. The maximum atomic E-state index is 14.1. The fourth-order valence-corrected chi connectivity index (χ4v) is 4.93. The molecule has 2 heterocycles. The van der Waals surface area contributed by atoms with E-state index < -0.39 is 11.7 Å². The third kappa shape index (κ3) is 4.31. The molecule has 1 aromatic carbocycles. The van der Waals surface area contributed by atoms with Crippen LogP contribution in [0.15, 0.2) is 41.1 Å². The summed E-state index contributed by atoms with van der Waals surface area (Å²) in [6, 6.07) is 8.67. The van der Waals surface area contributed by atoms with Crippen LogP contribution in [0, 0.1) is 11.2 Å². The summed E-state index contributed by atoms with van der Waals surface area (Å²) < 4.78 is 20.4. The lowest BCUT2D eigenvalue weighted by Gasteiger charge is -2.44. The van der Waals surface area contributed by atoms with E-state index in [-0.39, 0.29) is 17.3 Å². The first-order valence-electron chi connectivity index (χ1n) is 10.3. The van der Waals surface area contributed by atoms with Crippen LogP contribution in [0.1, 0.15) is 50.8 Å². The minimum absolute atomic E-state index is 0.147. The monoisotopic (exact) mass is 475 g/mol. The molecule has 0 saturated carbocycles. The number of ether oxygens (including phenoxy) is 1. The predicted octanol–water partition coefficient (Wildman–Crippen LogP) is 5.39. The van der Waals surface area contributed by atoms with Crippen LogP contribution in [-0.2, 0) is 11.2 Å². The summed E-state index contributed by atoms with van der Waals surface area (Å²) in [5, 5.41) is 3.08. The maximum Gasteiger partial charge on any atom is 0.408 e.